The third kappa shape index (κ3) is 3.68. The average Bonchev–Trinajstić information content (AvgIpc) is 3.35. The molecule has 2 aromatic rings. The van der Waals surface area contributed by atoms with Crippen LogP contribution in [0.3, 0.4) is 0 Å². The highest BCUT2D eigenvalue weighted by Gasteiger charge is 2.63. The molecule has 2 unspecified atom stereocenters. The van der Waals surface area contributed by atoms with Crippen molar-refractivity contribution >= 4 is 23.0 Å². The molecule has 3 aliphatic heterocycles. The lowest BCUT2D eigenvalue weighted by atomic mass is 9.82. The Balaban J connectivity index is 1.58. The highest BCUT2D eigenvalue weighted by Crippen LogP contribution is 2.54. The Labute approximate surface area is 241 Å². The number of carbonyl (C=O) groups excluding carboxylic acids is 2. The van der Waals surface area contributed by atoms with Gasteiger partial charge in [0.2, 0.25) is 6.29 Å². The van der Waals surface area contributed by atoms with Gasteiger partial charge in [0.15, 0.2) is 28.3 Å². The quantitative estimate of drug-likeness (QED) is 0.345. The molecule has 11 heteroatoms. The fourth-order valence-electron chi connectivity index (χ4n) is 6.97. The summed E-state index contributed by atoms with van der Waals surface area (Å²) in [6.07, 6.45) is -1.83. The van der Waals surface area contributed by atoms with E-state index in [4.69, 9.17) is 19.9 Å². The van der Waals surface area contributed by atoms with Crippen LogP contribution in [0.5, 0.6) is 11.5 Å². The zero-order valence-corrected chi connectivity index (χ0v) is 23.6. The first-order valence-corrected chi connectivity index (χ1v) is 13.9. The number of hydrogen-bond acceptors (Lipinski definition) is 9. The molecule has 1 aliphatic carbocycles. The molecule has 1 amide bonds. The second-order valence-corrected chi connectivity index (χ2v) is 11.2. The molecule has 3 heterocycles. The number of hydrogen-bond donors (Lipinski definition) is 5. The zero-order chi connectivity index (χ0) is 30.2. The van der Waals surface area contributed by atoms with E-state index in [1.54, 1.807) is 31.2 Å². The van der Waals surface area contributed by atoms with Crippen LogP contribution >= 0.6 is 0 Å². The van der Waals surface area contributed by atoms with Crippen molar-refractivity contribution in [2.24, 2.45) is 5.73 Å². The lowest BCUT2D eigenvalue weighted by molar-refractivity contribution is -0.812. The minimum atomic E-state index is -2.35. The number of benzene rings is 1. The van der Waals surface area contributed by atoms with E-state index < -0.39 is 58.6 Å². The smallest absolute Gasteiger partial charge is 0.254 e. The number of allylic oxidation sites excluding steroid dienone is 3. The maximum absolute atomic E-state index is 14.1. The van der Waals surface area contributed by atoms with Crippen molar-refractivity contribution < 1.29 is 44.0 Å². The third-order valence-corrected chi connectivity index (χ3v) is 8.78. The maximum atomic E-state index is 14.1. The van der Waals surface area contributed by atoms with Gasteiger partial charge < -0.3 is 35.3 Å². The first-order valence-electron chi connectivity index (χ1n) is 13.9. The third-order valence-electron chi connectivity index (χ3n) is 8.78. The number of methoxy groups -OCH3 is 1. The first kappa shape index (κ1) is 28.3. The highest BCUT2D eigenvalue weighted by atomic mass is 16.7. The summed E-state index contributed by atoms with van der Waals surface area (Å²) in [5.41, 5.74) is 4.59. The molecule has 1 saturated heterocycles. The Morgan fingerprint density at radius 3 is 2.60 bits per heavy atom. The fourth-order valence-corrected chi connectivity index (χ4v) is 6.97. The molecular formula is C31H33N2O9+. The van der Waals surface area contributed by atoms with Crippen molar-refractivity contribution in [3.8, 4) is 11.5 Å². The highest BCUT2D eigenvalue weighted by molar-refractivity contribution is 6.28. The standard InChI is InChI=1S/C31H32N2O9/c1-5-8-19-22-16(11-13(2)33(19)18-10-7-6-9-15(18)29(32)38)21-17(24(22)35)12-20(34)23-27(25(21)36)42-30-31(23,39)28(37)26(40-4)14(3)41-30/h6-7,9-14,26,28,30,36-37,39H,5,8H2,1-4H3,(H2,32,38)/p+1/t13?,14-,26-,28-,30+,31-/m1/s1. The van der Waals surface area contributed by atoms with Gasteiger partial charge in [-0.05, 0) is 38.5 Å². The van der Waals surface area contributed by atoms with Crippen LogP contribution in [0.15, 0.2) is 52.5 Å². The summed E-state index contributed by atoms with van der Waals surface area (Å²) in [7, 11) is 1.34. The summed E-state index contributed by atoms with van der Waals surface area (Å²) >= 11 is 0. The summed E-state index contributed by atoms with van der Waals surface area (Å²) in [6, 6.07) is 7.72. The van der Waals surface area contributed by atoms with Crippen molar-refractivity contribution in [1.29, 1.82) is 0 Å². The maximum Gasteiger partial charge on any atom is 0.254 e. The van der Waals surface area contributed by atoms with Crippen LogP contribution in [0.4, 0.5) is 5.69 Å². The van der Waals surface area contributed by atoms with Crippen LogP contribution in [0.25, 0.3) is 5.57 Å². The number of primary amides is 1. The van der Waals surface area contributed by atoms with Gasteiger partial charge in [-0.25, -0.2) is 0 Å². The first-order chi connectivity index (χ1) is 20.0. The van der Waals surface area contributed by atoms with Crippen molar-refractivity contribution in [3.05, 3.63) is 80.2 Å². The Morgan fingerprint density at radius 1 is 1.21 bits per heavy atom. The topological polar surface area (TPSA) is 170 Å². The summed E-state index contributed by atoms with van der Waals surface area (Å²) in [5, 5.41) is 34.5. The van der Waals surface area contributed by atoms with Crippen molar-refractivity contribution in [2.75, 3.05) is 7.11 Å². The molecule has 42 heavy (non-hydrogen) atoms. The van der Waals surface area contributed by atoms with E-state index in [1.807, 2.05) is 19.9 Å². The van der Waals surface area contributed by atoms with E-state index in [0.717, 1.165) is 11.0 Å². The molecule has 0 spiro atoms. The molecule has 1 fully saturated rings. The number of Topliss-reactive ketones (excluding diaryl/α,β-unsaturated/α-hetero) is 1. The molecule has 0 aromatic heterocycles. The SMILES string of the molecule is CCCC1=C2C(=O)c3cc(=O)c4c(c(O)c3C2=CC(C)[NH+]1c1ccccc1C(N)=O)O[C@@H]1O[C@H](C)[C@@H](OC)[C@@H](O)[C@]41O. The van der Waals surface area contributed by atoms with E-state index in [1.165, 1.54) is 7.11 Å². The van der Waals surface area contributed by atoms with Gasteiger partial charge in [-0.2, -0.15) is 0 Å². The lowest BCUT2D eigenvalue weighted by Crippen LogP contribution is -3.09. The molecule has 0 radical (unpaired) electrons. The molecule has 0 saturated carbocycles. The number of aliphatic hydroxyl groups is 2. The number of carbonyl (C=O) groups is 2. The van der Waals surface area contributed by atoms with E-state index in [2.05, 4.69) is 0 Å². The van der Waals surface area contributed by atoms with Crippen molar-refractivity contribution in [1.82, 2.24) is 0 Å². The van der Waals surface area contributed by atoms with Crippen LogP contribution in [0, 0.1) is 0 Å². The van der Waals surface area contributed by atoms with Crippen LogP contribution in [0.2, 0.25) is 0 Å². The molecular weight excluding hydrogens is 544 g/mol. The summed E-state index contributed by atoms with van der Waals surface area (Å²) in [6.45, 7) is 5.52. The molecule has 220 valence electrons. The van der Waals surface area contributed by atoms with E-state index >= 15 is 0 Å². The minimum absolute atomic E-state index is 0.0509. The lowest BCUT2D eigenvalue weighted by Gasteiger charge is -2.44. The molecule has 7 atom stereocenters. The van der Waals surface area contributed by atoms with Crippen molar-refractivity contribution in [2.45, 2.75) is 69.9 Å². The number of rotatable bonds is 5. The number of ketones is 1. The molecule has 2 aromatic carbocycles. The predicted octanol–water partition coefficient (Wildman–Crippen LogP) is 0.805. The number of aliphatic hydroxyl groups excluding tert-OH is 1. The largest absolute Gasteiger partial charge is 0.504 e. The Bertz CT molecular complexity index is 1660. The van der Waals surface area contributed by atoms with Crippen molar-refractivity contribution in [3.63, 3.8) is 0 Å². The van der Waals surface area contributed by atoms with Crippen LogP contribution in [-0.2, 0) is 15.1 Å². The van der Waals surface area contributed by atoms with Gasteiger partial charge in [0.05, 0.1) is 17.2 Å². The average molecular weight is 578 g/mol. The zero-order valence-electron chi connectivity index (χ0n) is 23.6. The number of nitrogens with two attached hydrogens (primary N) is 1. The Hall–Kier alpha value is -3.87. The second kappa shape index (κ2) is 9.85. The Kier molecular flexibility index (Phi) is 6.63. The van der Waals surface area contributed by atoms with Crippen LogP contribution in [0.1, 0.15) is 65.5 Å². The summed E-state index contributed by atoms with van der Waals surface area (Å²) in [4.78, 5) is 40.9. The van der Waals surface area contributed by atoms with E-state index in [-0.39, 0.29) is 22.9 Å². The Morgan fingerprint density at radius 2 is 1.93 bits per heavy atom. The number of para-hydroxylation sites is 1. The van der Waals surface area contributed by atoms with E-state index in [0.29, 0.717) is 40.9 Å². The summed E-state index contributed by atoms with van der Waals surface area (Å²) < 4.78 is 16.9. The van der Waals surface area contributed by atoms with Gasteiger partial charge in [-0.3, -0.25) is 19.3 Å². The number of quaternary nitrogens is 1. The van der Waals surface area contributed by atoms with Gasteiger partial charge in [0.25, 0.3) is 5.91 Å². The minimum Gasteiger partial charge on any atom is -0.504 e. The summed E-state index contributed by atoms with van der Waals surface area (Å²) in [5.74, 6) is -1.94. The molecule has 6 rings (SSSR count). The van der Waals surface area contributed by atoms with Gasteiger partial charge in [-0.15, -0.1) is 0 Å². The van der Waals surface area contributed by atoms with Gasteiger partial charge >= 0.3 is 0 Å². The van der Waals surface area contributed by atoms with E-state index in [9.17, 15) is 29.7 Å². The molecule has 0 bridgehead atoms. The van der Waals surface area contributed by atoms with Crippen LogP contribution in [-0.4, -0.2) is 64.8 Å². The van der Waals surface area contributed by atoms with Gasteiger partial charge in [-0.1, -0.05) is 19.1 Å². The molecule has 4 aliphatic rings. The number of nitrogens with one attached hydrogen (secondary N) is 1. The molecule has 6 N–H and O–H groups in total. The normalized spacial score (nSPS) is 31.1. The van der Waals surface area contributed by atoms with Gasteiger partial charge in [0.1, 0.15) is 35.2 Å². The monoisotopic (exact) mass is 577 g/mol. The second-order valence-electron chi connectivity index (χ2n) is 11.2. The number of amides is 1. The van der Waals surface area contributed by atoms with Gasteiger partial charge in [0, 0.05) is 36.3 Å². The molecule has 11 nitrogen and oxygen atoms in total. The fraction of sp³-hybridized carbons (Fsp3) is 0.387. The number of ether oxygens (including phenoxy) is 3. The van der Waals surface area contributed by atoms with Crippen LogP contribution < -0.4 is 20.8 Å². The number of aromatic hydroxyl groups is 1. The number of fused-ring (bicyclic) bond motifs is 6. The predicted molar refractivity (Wildman–Crippen MR) is 149 cm³/mol.